The van der Waals surface area contributed by atoms with Gasteiger partial charge in [-0.2, -0.15) is 0 Å². The third-order valence-corrected chi connectivity index (χ3v) is 4.57. The summed E-state index contributed by atoms with van der Waals surface area (Å²) in [6, 6.07) is 6.01. The van der Waals surface area contributed by atoms with E-state index in [0.29, 0.717) is 29.2 Å². The Bertz CT molecular complexity index is 468. The molecule has 1 aliphatic heterocycles. The summed E-state index contributed by atoms with van der Waals surface area (Å²) in [7, 11) is 1.67. The van der Waals surface area contributed by atoms with Crippen molar-refractivity contribution < 1.29 is 4.79 Å². The Kier molecular flexibility index (Phi) is 6.30. The lowest BCUT2D eigenvalue weighted by molar-refractivity contribution is -0.122. The van der Waals surface area contributed by atoms with Crippen molar-refractivity contribution in [2.45, 2.75) is 25.4 Å². The van der Waals surface area contributed by atoms with Crippen LogP contribution in [-0.4, -0.2) is 43.5 Å². The summed E-state index contributed by atoms with van der Waals surface area (Å²) in [5, 5.41) is 7.57. The molecule has 6 heteroatoms. The van der Waals surface area contributed by atoms with E-state index >= 15 is 0 Å². The number of nitrogens with one attached hydrogen (secondary N) is 2. The summed E-state index contributed by atoms with van der Waals surface area (Å²) >= 11 is 12.3. The molecule has 0 bridgehead atoms. The second kappa shape index (κ2) is 7.99. The number of piperidine rings is 1. The number of rotatable bonds is 5. The Morgan fingerprint density at radius 3 is 2.48 bits per heavy atom. The van der Waals surface area contributed by atoms with Crippen LogP contribution < -0.4 is 10.6 Å². The quantitative estimate of drug-likeness (QED) is 0.871. The fourth-order valence-corrected chi connectivity index (χ4v) is 3.06. The molecule has 1 aromatic rings. The molecule has 0 radical (unpaired) electrons. The largest absolute Gasteiger partial charge is 0.358 e. The van der Waals surface area contributed by atoms with Gasteiger partial charge in [0.05, 0.1) is 6.54 Å². The summed E-state index contributed by atoms with van der Waals surface area (Å²) in [6.07, 6.45) is 2.05. The van der Waals surface area contributed by atoms with E-state index in [9.17, 15) is 4.79 Å². The van der Waals surface area contributed by atoms with E-state index in [0.717, 1.165) is 31.5 Å². The van der Waals surface area contributed by atoms with Crippen LogP contribution in [0.3, 0.4) is 0 Å². The number of likely N-dealkylation sites (N-methyl/N-ethyl adjacent to an activating group) is 1. The maximum Gasteiger partial charge on any atom is 0.233 e. The molecule has 1 fully saturated rings. The fourth-order valence-electron chi connectivity index (χ4n) is 2.52. The Morgan fingerprint density at radius 1 is 1.29 bits per heavy atom. The van der Waals surface area contributed by atoms with Crippen molar-refractivity contribution in [1.82, 2.24) is 15.5 Å². The highest BCUT2D eigenvalue weighted by molar-refractivity contribution is 6.35. The first-order valence-electron chi connectivity index (χ1n) is 7.19. The van der Waals surface area contributed by atoms with Crippen LogP contribution in [0.1, 0.15) is 18.4 Å². The number of hydrogen-bond acceptors (Lipinski definition) is 3. The van der Waals surface area contributed by atoms with Crippen molar-refractivity contribution in [1.29, 1.82) is 0 Å². The highest BCUT2D eigenvalue weighted by atomic mass is 35.5. The molecular formula is C15H21Cl2N3O. The minimum atomic E-state index is 0.0734. The topological polar surface area (TPSA) is 44.4 Å². The number of halogens is 2. The van der Waals surface area contributed by atoms with E-state index in [2.05, 4.69) is 15.5 Å². The van der Waals surface area contributed by atoms with Gasteiger partial charge in [-0.15, -0.1) is 0 Å². The molecule has 0 atom stereocenters. The first-order valence-corrected chi connectivity index (χ1v) is 7.95. The van der Waals surface area contributed by atoms with E-state index in [1.165, 1.54) is 0 Å². The van der Waals surface area contributed by atoms with Crippen molar-refractivity contribution >= 4 is 29.1 Å². The van der Waals surface area contributed by atoms with Crippen molar-refractivity contribution in [2.75, 3.05) is 26.7 Å². The Morgan fingerprint density at radius 2 is 1.90 bits per heavy atom. The molecule has 0 spiro atoms. The van der Waals surface area contributed by atoms with E-state index in [-0.39, 0.29) is 5.91 Å². The van der Waals surface area contributed by atoms with Crippen LogP contribution in [0.4, 0.5) is 0 Å². The van der Waals surface area contributed by atoms with Crippen LogP contribution in [-0.2, 0) is 11.3 Å². The van der Waals surface area contributed by atoms with Gasteiger partial charge in [-0.1, -0.05) is 29.3 Å². The predicted molar refractivity (Wildman–Crippen MR) is 86.8 cm³/mol. The second-order valence-electron chi connectivity index (χ2n) is 5.30. The lowest BCUT2D eigenvalue weighted by Crippen LogP contribution is -2.45. The molecule has 0 aromatic heterocycles. The molecule has 21 heavy (non-hydrogen) atoms. The minimum Gasteiger partial charge on any atom is -0.358 e. The number of likely N-dealkylation sites (tertiary alicyclic amines) is 1. The van der Waals surface area contributed by atoms with E-state index in [4.69, 9.17) is 23.2 Å². The molecule has 1 amide bonds. The average Bonchev–Trinajstić information content (AvgIpc) is 2.48. The molecule has 0 aliphatic carbocycles. The third-order valence-electron chi connectivity index (χ3n) is 3.86. The van der Waals surface area contributed by atoms with Crippen LogP contribution in [0.25, 0.3) is 0 Å². The van der Waals surface area contributed by atoms with Gasteiger partial charge in [0.25, 0.3) is 0 Å². The number of carbonyl (C=O) groups is 1. The van der Waals surface area contributed by atoms with Gasteiger partial charge >= 0.3 is 0 Å². The van der Waals surface area contributed by atoms with Gasteiger partial charge in [0.2, 0.25) is 5.91 Å². The summed E-state index contributed by atoms with van der Waals surface area (Å²) in [6.45, 7) is 3.03. The van der Waals surface area contributed by atoms with Gasteiger partial charge in [0.1, 0.15) is 0 Å². The summed E-state index contributed by atoms with van der Waals surface area (Å²) in [4.78, 5) is 13.5. The van der Waals surface area contributed by atoms with Gasteiger partial charge in [-0.3, -0.25) is 9.69 Å². The van der Waals surface area contributed by atoms with Crippen molar-refractivity contribution in [3.8, 4) is 0 Å². The molecule has 1 saturated heterocycles. The second-order valence-corrected chi connectivity index (χ2v) is 6.12. The Balaban J connectivity index is 1.78. The van der Waals surface area contributed by atoms with E-state index < -0.39 is 0 Å². The fraction of sp³-hybridized carbons (Fsp3) is 0.533. The van der Waals surface area contributed by atoms with Crippen molar-refractivity contribution in [3.05, 3.63) is 33.8 Å². The van der Waals surface area contributed by atoms with Crippen LogP contribution >= 0.6 is 23.2 Å². The Labute approximate surface area is 135 Å². The number of benzene rings is 1. The molecule has 1 aromatic carbocycles. The highest BCUT2D eigenvalue weighted by Crippen LogP contribution is 2.24. The molecule has 2 rings (SSSR count). The standard InChI is InChI=1S/C15H21Cl2N3O/c1-18-15(21)10-20-7-5-11(6-8-20)19-9-12-13(16)3-2-4-14(12)17/h2-4,11,19H,5-10H2,1H3,(H,18,21). The number of nitrogens with zero attached hydrogens (tertiary/aromatic N) is 1. The van der Waals surface area contributed by atoms with Gasteiger partial charge in [-0.05, 0) is 25.0 Å². The molecular weight excluding hydrogens is 309 g/mol. The lowest BCUT2D eigenvalue weighted by Gasteiger charge is -2.32. The van der Waals surface area contributed by atoms with Gasteiger partial charge in [0, 0.05) is 48.3 Å². The molecule has 2 N–H and O–H groups in total. The molecule has 1 heterocycles. The predicted octanol–water partition coefficient (Wildman–Crippen LogP) is 2.29. The monoisotopic (exact) mass is 329 g/mol. The minimum absolute atomic E-state index is 0.0734. The summed E-state index contributed by atoms with van der Waals surface area (Å²) < 4.78 is 0. The summed E-state index contributed by atoms with van der Waals surface area (Å²) in [5.74, 6) is 0.0734. The van der Waals surface area contributed by atoms with E-state index in [1.54, 1.807) is 7.05 Å². The van der Waals surface area contributed by atoms with Crippen molar-refractivity contribution in [2.24, 2.45) is 0 Å². The van der Waals surface area contributed by atoms with Crippen LogP contribution in [0.5, 0.6) is 0 Å². The first-order chi connectivity index (χ1) is 10.1. The van der Waals surface area contributed by atoms with Gasteiger partial charge in [-0.25, -0.2) is 0 Å². The van der Waals surface area contributed by atoms with Crippen molar-refractivity contribution in [3.63, 3.8) is 0 Å². The molecule has 4 nitrogen and oxygen atoms in total. The van der Waals surface area contributed by atoms with Crippen LogP contribution in [0.15, 0.2) is 18.2 Å². The zero-order chi connectivity index (χ0) is 15.2. The maximum absolute atomic E-state index is 11.3. The third kappa shape index (κ3) is 4.85. The first kappa shape index (κ1) is 16.6. The molecule has 116 valence electrons. The molecule has 1 aliphatic rings. The van der Waals surface area contributed by atoms with Crippen LogP contribution in [0.2, 0.25) is 10.0 Å². The Hall–Kier alpha value is -0.810. The highest BCUT2D eigenvalue weighted by Gasteiger charge is 2.20. The number of carbonyl (C=O) groups excluding carboxylic acids is 1. The zero-order valence-corrected chi connectivity index (χ0v) is 13.7. The zero-order valence-electron chi connectivity index (χ0n) is 12.2. The number of amides is 1. The lowest BCUT2D eigenvalue weighted by atomic mass is 10.0. The average molecular weight is 330 g/mol. The van der Waals surface area contributed by atoms with E-state index in [1.807, 2.05) is 18.2 Å². The van der Waals surface area contributed by atoms with Gasteiger partial charge in [0.15, 0.2) is 0 Å². The van der Waals surface area contributed by atoms with Gasteiger partial charge < -0.3 is 10.6 Å². The smallest absolute Gasteiger partial charge is 0.233 e. The van der Waals surface area contributed by atoms with Crippen LogP contribution in [0, 0.1) is 0 Å². The maximum atomic E-state index is 11.3. The SMILES string of the molecule is CNC(=O)CN1CCC(NCc2c(Cl)cccc2Cl)CC1. The molecule has 0 saturated carbocycles. The summed E-state index contributed by atoms with van der Waals surface area (Å²) in [5.41, 5.74) is 0.952. The molecule has 0 unspecified atom stereocenters. The normalized spacial score (nSPS) is 16.9. The number of hydrogen-bond donors (Lipinski definition) is 2.